The summed E-state index contributed by atoms with van der Waals surface area (Å²) in [5, 5.41) is 6.62. The van der Waals surface area contributed by atoms with Crippen LogP contribution in [0.15, 0.2) is 6.07 Å². The van der Waals surface area contributed by atoms with Crippen molar-refractivity contribution in [1.82, 2.24) is 9.97 Å². The SMILES string of the molecule is Cc1nc(NCCC(C)N)cc(NC(C)(C)C)n1. The smallest absolute Gasteiger partial charge is 0.132 e. The van der Waals surface area contributed by atoms with E-state index >= 15 is 0 Å². The van der Waals surface area contributed by atoms with Gasteiger partial charge in [0.25, 0.3) is 0 Å². The van der Waals surface area contributed by atoms with Crippen LogP contribution in [0.25, 0.3) is 0 Å². The number of nitrogens with two attached hydrogens (primary N) is 1. The predicted octanol–water partition coefficient (Wildman–Crippen LogP) is 2.14. The van der Waals surface area contributed by atoms with E-state index in [4.69, 9.17) is 5.73 Å². The average molecular weight is 251 g/mol. The second-order valence-corrected chi connectivity index (χ2v) is 5.75. The predicted molar refractivity (Wildman–Crippen MR) is 76.9 cm³/mol. The average Bonchev–Trinajstić information content (AvgIpc) is 2.12. The van der Waals surface area contributed by atoms with Gasteiger partial charge in [0.1, 0.15) is 17.5 Å². The number of nitrogens with one attached hydrogen (secondary N) is 2. The van der Waals surface area contributed by atoms with E-state index in [1.54, 1.807) is 0 Å². The van der Waals surface area contributed by atoms with E-state index in [1.165, 1.54) is 0 Å². The summed E-state index contributed by atoms with van der Waals surface area (Å²) in [6.45, 7) is 11.0. The summed E-state index contributed by atoms with van der Waals surface area (Å²) in [5.41, 5.74) is 5.70. The molecule has 0 fully saturated rings. The van der Waals surface area contributed by atoms with Crippen LogP contribution in [-0.4, -0.2) is 28.1 Å². The minimum absolute atomic E-state index is 0.0101. The summed E-state index contributed by atoms with van der Waals surface area (Å²) in [7, 11) is 0. The van der Waals surface area contributed by atoms with E-state index in [0.717, 1.165) is 30.4 Å². The summed E-state index contributed by atoms with van der Waals surface area (Å²) in [4.78, 5) is 8.73. The number of rotatable bonds is 5. The molecule has 4 N–H and O–H groups in total. The van der Waals surface area contributed by atoms with Gasteiger partial charge in [-0.1, -0.05) is 0 Å². The summed E-state index contributed by atoms with van der Waals surface area (Å²) in [6.07, 6.45) is 0.922. The zero-order valence-corrected chi connectivity index (χ0v) is 12.0. The lowest BCUT2D eigenvalue weighted by Gasteiger charge is -2.21. The van der Waals surface area contributed by atoms with E-state index in [2.05, 4.69) is 41.4 Å². The molecule has 1 aromatic rings. The lowest BCUT2D eigenvalue weighted by atomic mass is 10.1. The van der Waals surface area contributed by atoms with Crippen LogP contribution in [0.3, 0.4) is 0 Å². The van der Waals surface area contributed by atoms with E-state index < -0.39 is 0 Å². The molecule has 18 heavy (non-hydrogen) atoms. The maximum atomic E-state index is 5.71. The number of nitrogens with zero attached hydrogens (tertiary/aromatic N) is 2. The first kappa shape index (κ1) is 14.7. The van der Waals surface area contributed by atoms with Gasteiger partial charge in [-0.05, 0) is 41.0 Å². The topological polar surface area (TPSA) is 75.9 Å². The van der Waals surface area contributed by atoms with Crippen LogP contribution in [0.4, 0.5) is 11.6 Å². The Morgan fingerprint density at radius 2 is 1.89 bits per heavy atom. The third-order valence-corrected chi connectivity index (χ3v) is 2.25. The molecular weight excluding hydrogens is 226 g/mol. The molecule has 1 unspecified atom stereocenters. The number of aryl methyl sites for hydroxylation is 1. The molecule has 0 aliphatic heterocycles. The molecule has 0 amide bonds. The normalized spacial score (nSPS) is 13.2. The van der Waals surface area contributed by atoms with Crippen LogP contribution in [0.1, 0.15) is 39.9 Å². The number of anilines is 2. The summed E-state index contributed by atoms with van der Waals surface area (Å²) in [6, 6.07) is 2.13. The molecule has 1 rings (SSSR count). The minimum atomic E-state index is -0.0101. The molecular formula is C13H25N5. The van der Waals surface area contributed by atoms with Gasteiger partial charge in [0.05, 0.1) is 0 Å². The van der Waals surface area contributed by atoms with E-state index in [1.807, 2.05) is 19.9 Å². The van der Waals surface area contributed by atoms with Crippen molar-refractivity contribution in [2.45, 2.75) is 52.6 Å². The molecule has 0 aliphatic rings. The van der Waals surface area contributed by atoms with E-state index in [0.29, 0.717) is 0 Å². The van der Waals surface area contributed by atoms with Crippen molar-refractivity contribution in [1.29, 1.82) is 0 Å². The van der Waals surface area contributed by atoms with Crippen molar-refractivity contribution in [2.75, 3.05) is 17.2 Å². The largest absolute Gasteiger partial charge is 0.370 e. The number of hydrogen-bond acceptors (Lipinski definition) is 5. The second kappa shape index (κ2) is 6.00. The van der Waals surface area contributed by atoms with Crippen LogP contribution >= 0.6 is 0 Å². The Bertz CT molecular complexity index is 381. The van der Waals surface area contributed by atoms with Crippen LogP contribution in [0, 0.1) is 6.92 Å². The molecule has 0 radical (unpaired) electrons. The minimum Gasteiger partial charge on any atom is -0.370 e. The molecule has 1 aromatic heterocycles. The van der Waals surface area contributed by atoms with Gasteiger partial charge in [-0.15, -0.1) is 0 Å². The van der Waals surface area contributed by atoms with Crippen molar-refractivity contribution in [3.8, 4) is 0 Å². The highest BCUT2D eigenvalue weighted by atomic mass is 15.1. The van der Waals surface area contributed by atoms with Crippen LogP contribution in [0.2, 0.25) is 0 Å². The quantitative estimate of drug-likeness (QED) is 0.747. The fourth-order valence-electron chi connectivity index (χ4n) is 1.53. The van der Waals surface area contributed by atoms with Gasteiger partial charge in [-0.3, -0.25) is 0 Å². The highest BCUT2D eigenvalue weighted by molar-refractivity contribution is 5.48. The molecule has 0 saturated heterocycles. The third-order valence-electron chi connectivity index (χ3n) is 2.25. The zero-order chi connectivity index (χ0) is 13.8. The van der Waals surface area contributed by atoms with Crippen LogP contribution in [0.5, 0.6) is 0 Å². The van der Waals surface area contributed by atoms with E-state index in [9.17, 15) is 0 Å². The molecule has 1 heterocycles. The van der Waals surface area contributed by atoms with Gasteiger partial charge in [-0.25, -0.2) is 9.97 Å². The maximum Gasteiger partial charge on any atom is 0.132 e. The van der Waals surface area contributed by atoms with Crippen molar-refractivity contribution in [3.05, 3.63) is 11.9 Å². The van der Waals surface area contributed by atoms with Gasteiger partial charge in [0, 0.05) is 24.2 Å². The highest BCUT2D eigenvalue weighted by Crippen LogP contribution is 2.15. The Morgan fingerprint density at radius 1 is 1.28 bits per heavy atom. The maximum absolute atomic E-state index is 5.71. The first-order valence-corrected chi connectivity index (χ1v) is 6.39. The fraction of sp³-hybridized carbons (Fsp3) is 0.692. The van der Waals surface area contributed by atoms with Crippen LogP contribution < -0.4 is 16.4 Å². The molecule has 0 aliphatic carbocycles. The Hall–Kier alpha value is -1.36. The van der Waals surface area contributed by atoms with Crippen molar-refractivity contribution < 1.29 is 0 Å². The monoisotopic (exact) mass is 251 g/mol. The Kier molecular flexibility index (Phi) is 4.90. The summed E-state index contributed by atoms with van der Waals surface area (Å²) in [5.74, 6) is 2.45. The van der Waals surface area contributed by atoms with Crippen molar-refractivity contribution in [2.24, 2.45) is 5.73 Å². The molecule has 5 nitrogen and oxygen atoms in total. The van der Waals surface area contributed by atoms with Gasteiger partial charge >= 0.3 is 0 Å². The second-order valence-electron chi connectivity index (χ2n) is 5.75. The van der Waals surface area contributed by atoms with E-state index in [-0.39, 0.29) is 11.6 Å². The molecule has 1 atom stereocenters. The third kappa shape index (κ3) is 5.82. The molecule has 5 heteroatoms. The summed E-state index contributed by atoms with van der Waals surface area (Å²) < 4.78 is 0. The van der Waals surface area contributed by atoms with Gasteiger partial charge in [-0.2, -0.15) is 0 Å². The molecule has 0 bridgehead atoms. The Balaban J connectivity index is 2.69. The summed E-state index contributed by atoms with van der Waals surface area (Å²) >= 11 is 0. The lowest BCUT2D eigenvalue weighted by molar-refractivity contribution is 0.629. The Morgan fingerprint density at radius 3 is 2.44 bits per heavy atom. The fourth-order valence-corrected chi connectivity index (χ4v) is 1.53. The van der Waals surface area contributed by atoms with Crippen molar-refractivity contribution in [3.63, 3.8) is 0 Å². The first-order chi connectivity index (χ1) is 8.26. The lowest BCUT2D eigenvalue weighted by Crippen LogP contribution is -2.27. The molecule has 102 valence electrons. The standard InChI is InChI=1S/C13H25N5/c1-9(14)6-7-15-11-8-12(17-10(2)16-11)18-13(3,4)5/h8-9H,6-7,14H2,1-5H3,(H2,15,16,17,18). The number of hydrogen-bond donors (Lipinski definition) is 3. The number of aromatic nitrogens is 2. The first-order valence-electron chi connectivity index (χ1n) is 6.39. The molecule has 0 aromatic carbocycles. The molecule has 0 spiro atoms. The van der Waals surface area contributed by atoms with Gasteiger partial charge in [0.2, 0.25) is 0 Å². The molecule has 0 saturated carbocycles. The van der Waals surface area contributed by atoms with Gasteiger partial charge in [0.15, 0.2) is 0 Å². The van der Waals surface area contributed by atoms with Crippen LogP contribution in [-0.2, 0) is 0 Å². The van der Waals surface area contributed by atoms with Gasteiger partial charge < -0.3 is 16.4 Å². The highest BCUT2D eigenvalue weighted by Gasteiger charge is 2.11. The Labute approximate surface area is 110 Å². The zero-order valence-electron chi connectivity index (χ0n) is 12.0. The van der Waals surface area contributed by atoms with Crippen molar-refractivity contribution >= 4 is 11.6 Å².